The van der Waals surface area contributed by atoms with Crippen molar-refractivity contribution in [3.8, 4) is 0 Å². The van der Waals surface area contributed by atoms with Crippen LogP contribution in [0.2, 0.25) is 0 Å². The van der Waals surface area contributed by atoms with Crippen LogP contribution in [0.5, 0.6) is 0 Å². The highest BCUT2D eigenvalue weighted by Gasteiger charge is 2.17. The first-order valence-electron chi connectivity index (χ1n) is 5.18. The molecule has 0 radical (unpaired) electrons. The fourth-order valence-electron chi connectivity index (χ4n) is 1.81. The van der Waals surface area contributed by atoms with E-state index in [4.69, 9.17) is 4.42 Å². The van der Waals surface area contributed by atoms with Gasteiger partial charge in [0.15, 0.2) is 5.78 Å². The van der Waals surface area contributed by atoms with Crippen LogP contribution in [0.1, 0.15) is 21.7 Å². The van der Waals surface area contributed by atoms with E-state index in [1.165, 1.54) is 0 Å². The van der Waals surface area contributed by atoms with Crippen LogP contribution in [0.4, 0.5) is 0 Å². The number of halogens is 1. The van der Waals surface area contributed by atoms with E-state index in [9.17, 15) is 9.59 Å². The number of ketones is 1. The number of hydrogen-bond donors (Lipinski definition) is 0. The Kier molecular flexibility index (Phi) is 3.15. The Morgan fingerprint density at radius 2 is 2.06 bits per heavy atom. The van der Waals surface area contributed by atoms with E-state index in [1.54, 1.807) is 19.1 Å². The van der Waals surface area contributed by atoms with E-state index in [0.717, 1.165) is 5.56 Å². The molecule has 0 unspecified atom stereocenters. The molecule has 1 aromatic carbocycles. The number of fused-ring (bicyclic) bond motifs is 1. The molecule has 0 aliphatic heterocycles. The van der Waals surface area contributed by atoms with Crippen LogP contribution >= 0.6 is 15.9 Å². The maximum Gasteiger partial charge on any atom is 0.203 e. The van der Waals surface area contributed by atoms with Crippen LogP contribution in [0.25, 0.3) is 11.0 Å². The highest BCUT2D eigenvalue weighted by atomic mass is 79.9. The van der Waals surface area contributed by atoms with Gasteiger partial charge in [-0.15, -0.1) is 0 Å². The van der Waals surface area contributed by atoms with Crippen molar-refractivity contribution in [2.24, 2.45) is 0 Å². The number of aryl methyl sites for hydroxylation is 2. The van der Waals surface area contributed by atoms with Gasteiger partial charge in [-0.3, -0.25) is 9.59 Å². The van der Waals surface area contributed by atoms with Crippen LogP contribution in [-0.2, 0) is 0 Å². The van der Waals surface area contributed by atoms with E-state index in [0.29, 0.717) is 16.7 Å². The molecule has 2 rings (SSSR count). The average Bonchev–Trinajstić information content (AvgIpc) is 2.30. The zero-order valence-electron chi connectivity index (χ0n) is 9.54. The lowest BCUT2D eigenvalue weighted by molar-refractivity contribution is 0.102. The maximum atomic E-state index is 12.2. The van der Waals surface area contributed by atoms with Gasteiger partial charge in [0, 0.05) is 0 Å². The van der Waals surface area contributed by atoms with Crippen LogP contribution in [0.3, 0.4) is 0 Å². The third-order valence-corrected chi connectivity index (χ3v) is 3.13. The van der Waals surface area contributed by atoms with Crippen molar-refractivity contribution in [1.29, 1.82) is 0 Å². The smallest absolute Gasteiger partial charge is 0.203 e. The number of carbonyl (C=O) groups is 1. The minimum Gasteiger partial charge on any atom is -0.460 e. The molecule has 0 spiro atoms. The van der Waals surface area contributed by atoms with Crippen molar-refractivity contribution in [3.05, 3.63) is 45.3 Å². The standard InChI is InChI=1S/C13H11BrO3/c1-7-3-4-11-9(5-7)13(16)12(8(2)17-11)10(15)6-14/h3-5H,6H2,1-2H3. The third-order valence-electron chi connectivity index (χ3n) is 2.62. The lowest BCUT2D eigenvalue weighted by Gasteiger charge is -2.05. The Balaban J connectivity index is 2.87. The van der Waals surface area contributed by atoms with Crippen molar-refractivity contribution in [2.75, 3.05) is 5.33 Å². The van der Waals surface area contributed by atoms with Gasteiger partial charge in [0.05, 0.1) is 10.7 Å². The van der Waals surface area contributed by atoms with Gasteiger partial charge in [0.25, 0.3) is 0 Å². The molecule has 17 heavy (non-hydrogen) atoms. The predicted octanol–water partition coefficient (Wildman–Crippen LogP) is 2.99. The zero-order chi connectivity index (χ0) is 12.6. The van der Waals surface area contributed by atoms with Crippen molar-refractivity contribution in [1.82, 2.24) is 0 Å². The van der Waals surface area contributed by atoms with Gasteiger partial charge >= 0.3 is 0 Å². The van der Waals surface area contributed by atoms with Gasteiger partial charge in [0.2, 0.25) is 5.43 Å². The van der Waals surface area contributed by atoms with Gasteiger partial charge in [0.1, 0.15) is 16.9 Å². The molecule has 0 fully saturated rings. The molecule has 0 atom stereocenters. The summed E-state index contributed by atoms with van der Waals surface area (Å²) >= 11 is 3.07. The zero-order valence-corrected chi connectivity index (χ0v) is 11.1. The average molecular weight is 295 g/mol. The molecule has 0 N–H and O–H groups in total. The van der Waals surface area contributed by atoms with E-state index in [1.807, 2.05) is 13.0 Å². The fraction of sp³-hybridized carbons (Fsp3) is 0.231. The van der Waals surface area contributed by atoms with E-state index < -0.39 is 0 Å². The van der Waals surface area contributed by atoms with E-state index in [2.05, 4.69) is 15.9 Å². The second-order valence-corrected chi connectivity index (χ2v) is 4.48. The van der Waals surface area contributed by atoms with Gasteiger partial charge in [-0.05, 0) is 26.0 Å². The molecule has 0 saturated heterocycles. The topological polar surface area (TPSA) is 47.3 Å². The Morgan fingerprint density at radius 3 is 2.71 bits per heavy atom. The minimum atomic E-state index is -0.253. The lowest BCUT2D eigenvalue weighted by atomic mass is 10.1. The Bertz CT molecular complexity index is 655. The summed E-state index contributed by atoms with van der Waals surface area (Å²) in [6.45, 7) is 3.53. The Labute approximate surface area is 107 Å². The summed E-state index contributed by atoms with van der Waals surface area (Å²) in [5.41, 5.74) is 1.37. The summed E-state index contributed by atoms with van der Waals surface area (Å²) in [7, 11) is 0. The molecule has 0 amide bonds. The first-order valence-corrected chi connectivity index (χ1v) is 6.30. The van der Waals surface area contributed by atoms with Crippen LogP contribution < -0.4 is 5.43 Å². The molecule has 1 aromatic heterocycles. The molecule has 2 aromatic rings. The van der Waals surface area contributed by atoms with Crippen LogP contribution in [-0.4, -0.2) is 11.1 Å². The number of Topliss-reactive ketones (excluding diaryl/α,β-unsaturated/α-hetero) is 1. The van der Waals surface area contributed by atoms with Crippen molar-refractivity contribution in [3.63, 3.8) is 0 Å². The summed E-state index contributed by atoms with van der Waals surface area (Å²) in [5.74, 6) is 0.121. The van der Waals surface area contributed by atoms with Crippen molar-refractivity contribution in [2.45, 2.75) is 13.8 Å². The lowest BCUT2D eigenvalue weighted by Crippen LogP contribution is -2.18. The van der Waals surface area contributed by atoms with E-state index >= 15 is 0 Å². The highest BCUT2D eigenvalue weighted by molar-refractivity contribution is 9.09. The van der Waals surface area contributed by atoms with Gasteiger partial charge < -0.3 is 4.42 Å². The number of carbonyl (C=O) groups excluding carboxylic acids is 1. The number of hydrogen-bond acceptors (Lipinski definition) is 3. The first-order chi connectivity index (χ1) is 8.04. The summed E-state index contributed by atoms with van der Waals surface area (Å²) in [6, 6.07) is 5.36. The Morgan fingerprint density at radius 1 is 1.35 bits per heavy atom. The molecule has 0 bridgehead atoms. The maximum absolute atomic E-state index is 12.2. The molecule has 88 valence electrons. The van der Waals surface area contributed by atoms with Gasteiger partial charge in [-0.2, -0.15) is 0 Å². The summed E-state index contributed by atoms with van der Waals surface area (Å²) < 4.78 is 5.51. The summed E-state index contributed by atoms with van der Waals surface area (Å²) in [6.07, 6.45) is 0. The summed E-state index contributed by atoms with van der Waals surface area (Å²) in [4.78, 5) is 23.9. The second kappa shape index (κ2) is 4.45. The van der Waals surface area contributed by atoms with Crippen LogP contribution in [0, 0.1) is 13.8 Å². The largest absolute Gasteiger partial charge is 0.460 e. The third kappa shape index (κ3) is 2.05. The molecule has 4 heteroatoms. The number of alkyl halides is 1. The Hall–Kier alpha value is -1.42. The minimum absolute atomic E-state index is 0.121. The van der Waals surface area contributed by atoms with Crippen molar-refractivity contribution < 1.29 is 9.21 Å². The molecular formula is C13H11BrO3. The van der Waals surface area contributed by atoms with Crippen LogP contribution in [0.15, 0.2) is 27.4 Å². The fourth-order valence-corrected chi connectivity index (χ4v) is 2.09. The number of benzene rings is 1. The second-order valence-electron chi connectivity index (χ2n) is 3.92. The number of rotatable bonds is 2. The van der Waals surface area contributed by atoms with Crippen molar-refractivity contribution >= 4 is 32.7 Å². The molecule has 0 aliphatic carbocycles. The van der Waals surface area contributed by atoms with E-state index in [-0.39, 0.29) is 22.1 Å². The predicted molar refractivity (Wildman–Crippen MR) is 70.1 cm³/mol. The normalized spacial score (nSPS) is 10.8. The van der Waals surface area contributed by atoms with Gasteiger partial charge in [-0.1, -0.05) is 27.6 Å². The first kappa shape index (κ1) is 12.0. The highest BCUT2D eigenvalue weighted by Crippen LogP contribution is 2.17. The summed E-state index contributed by atoms with van der Waals surface area (Å²) in [5, 5.41) is 0.579. The SMILES string of the molecule is Cc1ccc2oc(C)c(C(=O)CBr)c(=O)c2c1. The molecule has 0 saturated carbocycles. The molecular weight excluding hydrogens is 284 g/mol. The molecule has 1 heterocycles. The molecule has 3 nitrogen and oxygen atoms in total. The molecule has 0 aliphatic rings. The quantitative estimate of drug-likeness (QED) is 0.632. The van der Waals surface area contributed by atoms with Gasteiger partial charge in [-0.25, -0.2) is 0 Å². The monoisotopic (exact) mass is 294 g/mol.